The summed E-state index contributed by atoms with van der Waals surface area (Å²) in [5, 5.41) is 3.37. The fraction of sp³-hybridized carbons (Fsp3) is 0.357. The van der Waals surface area contributed by atoms with Crippen LogP contribution in [0.2, 0.25) is 0 Å². The second kappa shape index (κ2) is 4.72. The summed E-state index contributed by atoms with van der Waals surface area (Å²) < 4.78 is 7.44. The van der Waals surface area contributed by atoms with Gasteiger partial charge in [0.1, 0.15) is 17.4 Å². The third kappa shape index (κ3) is 2.06. The molecular formula is C14H17N3O. The molecule has 0 saturated heterocycles. The van der Waals surface area contributed by atoms with Crippen molar-refractivity contribution in [1.29, 1.82) is 0 Å². The van der Waals surface area contributed by atoms with Crippen LogP contribution in [0.5, 0.6) is 5.75 Å². The van der Waals surface area contributed by atoms with Gasteiger partial charge in [-0.05, 0) is 24.1 Å². The van der Waals surface area contributed by atoms with Gasteiger partial charge in [0.2, 0.25) is 0 Å². The first kappa shape index (κ1) is 11.1. The Kier molecular flexibility index (Phi) is 2.92. The molecule has 1 N–H and O–H groups in total. The molecule has 18 heavy (non-hydrogen) atoms. The standard InChI is InChI=1S/C14H17N3O/c1-18-12-5-3-11(4-6-12)9-13-16-10-14-15-7-2-8-17(13)14/h3-6,10,15H,2,7-9H2,1H3. The van der Waals surface area contributed by atoms with Gasteiger partial charge in [0.15, 0.2) is 0 Å². The molecule has 1 aliphatic heterocycles. The maximum atomic E-state index is 5.16. The second-order valence-corrected chi connectivity index (χ2v) is 4.52. The van der Waals surface area contributed by atoms with Gasteiger partial charge in [-0.2, -0.15) is 0 Å². The third-order valence-corrected chi connectivity index (χ3v) is 3.32. The number of fused-ring (bicyclic) bond motifs is 1. The molecule has 4 heteroatoms. The number of methoxy groups -OCH3 is 1. The summed E-state index contributed by atoms with van der Waals surface area (Å²) in [6, 6.07) is 8.18. The molecule has 94 valence electrons. The summed E-state index contributed by atoms with van der Waals surface area (Å²) in [4.78, 5) is 4.50. The van der Waals surface area contributed by atoms with Crippen molar-refractivity contribution in [2.45, 2.75) is 19.4 Å². The molecule has 0 spiro atoms. The molecular weight excluding hydrogens is 226 g/mol. The van der Waals surface area contributed by atoms with Crippen molar-refractivity contribution >= 4 is 5.82 Å². The van der Waals surface area contributed by atoms with Crippen LogP contribution < -0.4 is 10.1 Å². The van der Waals surface area contributed by atoms with Gasteiger partial charge >= 0.3 is 0 Å². The highest BCUT2D eigenvalue weighted by atomic mass is 16.5. The Morgan fingerprint density at radius 2 is 2.17 bits per heavy atom. The minimum absolute atomic E-state index is 0.867. The van der Waals surface area contributed by atoms with Gasteiger partial charge in [-0.15, -0.1) is 0 Å². The van der Waals surface area contributed by atoms with Crippen molar-refractivity contribution in [1.82, 2.24) is 9.55 Å². The molecule has 2 aromatic rings. The minimum atomic E-state index is 0.867. The zero-order valence-electron chi connectivity index (χ0n) is 10.5. The van der Waals surface area contributed by atoms with E-state index in [-0.39, 0.29) is 0 Å². The van der Waals surface area contributed by atoms with Gasteiger partial charge in [0.25, 0.3) is 0 Å². The van der Waals surface area contributed by atoms with Crippen molar-refractivity contribution in [2.24, 2.45) is 0 Å². The van der Waals surface area contributed by atoms with Crippen molar-refractivity contribution in [2.75, 3.05) is 19.0 Å². The van der Waals surface area contributed by atoms with Crippen LogP contribution in [-0.4, -0.2) is 23.2 Å². The number of imidazole rings is 1. The Morgan fingerprint density at radius 1 is 1.33 bits per heavy atom. The lowest BCUT2D eigenvalue weighted by Gasteiger charge is -2.18. The van der Waals surface area contributed by atoms with E-state index in [4.69, 9.17) is 4.74 Å². The summed E-state index contributed by atoms with van der Waals surface area (Å²) in [6.45, 7) is 2.11. The van der Waals surface area contributed by atoms with E-state index in [2.05, 4.69) is 27.0 Å². The molecule has 1 aromatic carbocycles. The summed E-state index contributed by atoms with van der Waals surface area (Å²) >= 11 is 0. The summed E-state index contributed by atoms with van der Waals surface area (Å²) in [7, 11) is 1.69. The van der Waals surface area contributed by atoms with Crippen LogP contribution in [-0.2, 0) is 13.0 Å². The first-order chi connectivity index (χ1) is 8.86. The average molecular weight is 243 g/mol. The Bertz CT molecular complexity index is 530. The van der Waals surface area contributed by atoms with Crippen LogP contribution in [0.15, 0.2) is 30.5 Å². The van der Waals surface area contributed by atoms with Crippen molar-refractivity contribution in [3.8, 4) is 5.75 Å². The number of rotatable bonds is 3. The number of anilines is 1. The number of benzene rings is 1. The van der Waals surface area contributed by atoms with Crippen molar-refractivity contribution < 1.29 is 4.74 Å². The molecule has 0 saturated carbocycles. The number of aromatic nitrogens is 2. The number of nitrogens with one attached hydrogen (secondary N) is 1. The zero-order valence-corrected chi connectivity index (χ0v) is 10.5. The van der Waals surface area contributed by atoms with Gasteiger partial charge in [0.05, 0.1) is 13.3 Å². The van der Waals surface area contributed by atoms with Crippen LogP contribution in [0, 0.1) is 0 Å². The average Bonchev–Trinajstić information content (AvgIpc) is 2.83. The van der Waals surface area contributed by atoms with E-state index in [0.717, 1.165) is 36.9 Å². The zero-order chi connectivity index (χ0) is 12.4. The van der Waals surface area contributed by atoms with Crippen LogP contribution in [0.4, 0.5) is 5.82 Å². The van der Waals surface area contributed by atoms with Gasteiger partial charge in [0, 0.05) is 19.5 Å². The van der Waals surface area contributed by atoms with E-state index in [0.29, 0.717) is 0 Å². The quantitative estimate of drug-likeness (QED) is 0.899. The van der Waals surface area contributed by atoms with Gasteiger partial charge in [-0.25, -0.2) is 4.98 Å². The molecule has 0 aliphatic carbocycles. The number of nitrogens with zero attached hydrogens (tertiary/aromatic N) is 2. The molecule has 2 heterocycles. The predicted molar refractivity (Wildman–Crippen MR) is 71.1 cm³/mol. The molecule has 4 nitrogen and oxygen atoms in total. The van der Waals surface area contributed by atoms with Gasteiger partial charge in [-0.3, -0.25) is 0 Å². The van der Waals surface area contributed by atoms with Gasteiger partial charge in [-0.1, -0.05) is 12.1 Å². The maximum Gasteiger partial charge on any atom is 0.126 e. The van der Waals surface area contributed by atoms with E-state index in [9.17, 15) is 0 Å². The number of hydrogen-bond donors (Lipinski definition) is 1. The highest BCUT2D eigenvalue weighted by Gasteiger charge is 2.13. The number of hydrogen-bond acceptors (Lipinski definition) is 3. The van der Waals surface area contributed by atoms with Crippen LogP contribution in [0.25, 0.3) is 0 Å². The summed E-state index contributed by atoms with van der Waals surface area (Å²) in [5.41, 5.74) is 1.26. The molecule has 0 radical (unpaired) electrons. The lowest BCUT2D eigenvalue weighted by Crippen LogP contribution is -2.18. The fourth-order valence-corrected chi connectivity index (χ4v) is 2.33. The first-order valence-corrected chi connectivity index (χ1v) is 6.28. The lowest BCUT2D eigenvalue weighted by molar-refractivity contribution is 0.414. The van der Waals surface area contributed by atoms with E-state index in [1.165, 1.54) is 12.0 Å². The SMILES string of the molecule is COc1ccc(Cc2ncc3n2CCCN3)cc1. The molecule has 1 aromatic heterocycles. The predicted octanol–water partition coefficient (Wildman–Crippen LogP) is 2.30. The van der Waals surface area contributed by atoms with Crippen molar-refractivity contribution in [3.63, 3.8) is 0 Å². The van der Waals surface area contributed by atoms with E-state index in [1.807, 2.05) is 18.3 Å². The number of ether oxygens (including phenoxy) is 1. The normalized spacial score (nSPS) is 13.8. The molecule has 0 amide bonds. The van der Waals surface area contributed by atoms with Crippen LogP contribution in [0.3, 0.4) is 0 Å². The van der Waals surface area contributed by atoms with Crippen molar-refractivity contribution in [3.05, 3.63) is 41.9 Å². The molecule has 0 bridgehead atoms. The highest BCUT2D eigenvalue weighted by molar-refractivity contribution is 5.38. The molecule has 0 unspecified atom stereocenters. The Morgan fingerprint density at radius 3 is 2.94 bits per heavy atom. The first-order valence-electron chi connectivity index (χ1n) is 6.28. The fourth-order valence-electron chi connectivity index (χ4n) is 2.33. The van der Waals surface area contributed by atoms with E-state index in [1.54, 1.807) is 7.11 Å². The third-order valence-electron chi connectivity index (χ3n) is 3.32. The molecule has 3 rings (SSSR count). The summed E-state index contributed by atoms with van der Waals surface area (Å²) in [6.07, 6.45) is 3.96. The molecule has 1 aliphatic rings. The smallest absolute Gasteiger partial charge is 0.126 e. The minimum Gasteiger partial charge on any atom is -0.497 e. The van der Waals surface area contributed by atoms with E-state index >= 15 is 0 Å². The summed E-state index contributed by atoms with van der Waals surface area (Å²) in [5.74, 6) is 3.16. The highest BCUT2D eigenvalue weighted by Crippen LogP contribution is 2.20. The monoisotopic (exact) mass is 243 g/mol. The van der Waals surface area contributed by atoms with Gasteiger partial charge < -0.3 is 14.6 Å². The lowest BCUT2D eigenvalue weighted by atomic mass is 10.1. The molecule has 0 fully saturated rings. The van der Waals surface area contributed by atoms with Crippen LogP contribution in [0.1, 0.15) is 17.8 Å². The second-order valence-electron chi connectivity index (χ2n) is 4.52. The largest absolute Gasteiger partial charge is 0.497 e. The Hall–Kier alpha value is -1.97. The Labute approximate surface area is 107 Å². The maximum absolute atomic E-state index is 5.16. The Balaban J connectivity index is 1.81. The van der Waals surface area contributed by atoms with Crippen LogP contribution >= 0.6 is 0 Å². The topological polar surface area (TPSA) is 39.1 Å². The molecule has 0 atom stereocenters. The van der Waals surface area contributed by atoms with E-state index < -0.39 is 0 Å².